The van der Waals surface area contributed by atoms with Gasteiger partial charge in [0.15, 0.2) is 0 Å². The van der Waals surface area contributed by atoms with Crippen molar-refractivity contribution in [1.29, 1.82) is 0 Å². The molecular formula is C40H50N6O7S. The van der Waals surface area contributed by atoms with Crippen LogP contribution in [0.5, 0.6) is 0 Å². The predicted molar refractivity (Wildman–Crippen MR) is 205 cm³/mol. The number of fused-ring (bicyclic) bond motifs is 1. The first-order valence-electron chi connectivity index (χ1n) is 18.6. The van der Waals surface area contributed by atoms with E-state index >= 15 is 0 Å². The number of aryl methyl sites for hydroxylation is 1. The van der Waals surface area contributed by atoms with Gasteiger partial charge in [0.2, 0.25) is 29.5 Å². The number of carbonyl (C=O) groups excluding carboxylic acids is 6. The van der Waals surface area contributed by atoms with Crippen molar-refractivity contribution in [3.63, 3.8) is 0 Å². The maximum atomic E-state index is 14.1. The van der Waals surface area contributed by atoms with E-state index in [2.05, 4.69) is 26.6 Å². The zero-order valence-corrected chi connectivity index (χ0v) is 31.7. The fourth-order valence-electron chi connectivity index (χ4n) is 6.87. The smallest absolute Gasteiger partial charge is 0.262 e. The lowest BCUT2D eigenvalue weighted by Gasteiger charge is -2.30. The van der Waals surface area contributed by atoms with E-state index in [4.69, 9.17) is 0 Å². The first-order chi connectivity index (χ1) is 26.0. The molecule has 6 N–H and O–H groups in total. The maximum Gasteiger partial charge on any atom is 0.262 e. The number of benzene rings is 2. The van der Waals surface area contributed by atoms with Crippen molar-refractivity contribution in [3.05, 3.63) is 82.7 Å². The summed E-state index contributed by atoms with van der Waals surface area (Å²) in [5, 5.41) is 24.5. The second-order valence-electron chi connectivity index (χ2n) is 13.9. The molecule has 0 saturated carbocycles. The van der Waals surface area contributed by atoms with Gasteiger partial charge in [0, 0.05) is 24.4 Å². The summed E-state index contributed by atoms with van der Waals surface area (Å²) in [6, 6.07) is 15.2. The topological polar surface area (TPSA) is 186 Å². The monoisotopic (exact) mass is 758 g/mol. The number of nitrogens with zero attached hydrogens (tertiary/aromatic N) is 1. The molecule has 0 aliphatic carbocycles. The summed E-state index contributed by atoms with van der Waals surface area (Å²) in [4.78, 5) is 85.1. The Kier molecular flexibility index (Phi) is 14.0. The molecule has 2 saturated heterocycles. The van der Waals surface area contributed by atoms with Gasteiger partial charge in [-0.1, -0.05) is 67.6 Å². The van der Waals surface area contributed by atoms with Crippen molar-refractivity contribution in [3.8, 4) is 10.4 Å². The van der Waals surface area contributed by atoms with Crippen LogP contribution in [0.4, 0.5) is 0 Å². The Labute approximate surface area is 319 Å². The predicted octanol–water partition coefficient (Wildman–Crippen LogP) is 2.60. The van der Waals surface area contributed by atoms with Gasteiger partial charge in [-0.3, -0.25) is 28.8 Å². The van der Waals surface area contributed by atoms with Crippen LogP contribution in [-0.4, -0.2) is 94.9 Å². The minimum Gasteiger partial charge on any atom is -0.391 e. The van der Waals surface area contributed by atoms with Crippen molar-refractivity contribution in [1.82, 2.24) is 31.5 Å². The summed E-state index contributed by atoms with van der Waals surface area (Å²) in [6.45, 7) is 5.57. The van der Waals surface area contributed by atoms with Crippen molar-refractivity contribution in [2.45, 2.75) is 102 Å². The van der Waals surface area contributed by atoms with Crippen LogP contribution in [0.3, 0.4) is 0 Å². The molecule has 2 aliphatic heterocycles. The molecule has 13 nitrogen and oxygen atoms in total. The molecule has 6 amide bonds. The number of amides is 6. The Hall–Kier alpha value is -5.08. The molecule has 1 aromatic heterocycles. The molecule has 5 rings (SSSR count). The molecule has 0 unspecified atom stereocenters. The summed E-state index contributed by atoms with van der Waals surface area (Å²) in [6.07, 6.45) is 1.12. The first-order valence-corrected chi connectivity index (χ1v) is 19.5. The Morgan fingerprint density at radius 2 is 1.56 bits per heavy atom. The van der Waals surface area contributed by atoms with Gasteiger partial charge >= 0.3 is 0 Å². The van der Waals surface area contributed by atoms with E-state index in [1.54, 1.807) is 13.0 Å². The van der Waals surface area contributed by atoms with E-state index in [0.717, 1.165) is 21.6 Å². The number of rotatable bonds is 7. The third kappa shape index (κ3) is 10.1. The van der Waals surface area contributed by atoms with Crippen LogP contribution >= 0.6 is 11.3 Å². The van der Waals surface area contributed by atoms with E-state index in [-0.39, 0.29) is 31.7 Å². The summed E-state index contributed by atoms with van der Waals surface area (Å²) in [5.41, 5.74) is 2.67. The van der Waals surface area contributed by atoms with Crippen LogP contribution in [0.1, 0.15) is 73.2 Å². The van der Waals surface area contributed by atoms with Gasteiger partial charge in [-0.15, -0.1) is 11.3 Å². The number of thiophene rings is 1. The molecule has 2 fully saturated rings. The zero-order chi connectivity index (χ0) is 38.8. The van der Waals surface area contributed by atoms with Crippen LogP contribution < -0.4 is 26.6 Å². The molecule has 3 heterocycles. The second kappa shape index (κ2) is 18.8. The summed E-state index contributed by atoms with van der Waals surface area (Å²) < 4.78 is 0. The molecule has 54 heavy (non-hydrogen) atoms. The lowest BCUT2D eigenvalue weighted by Crippen LogP contribution is -2.61. The van der Waals surface area contributed by atoms with Crippen LogP contribution in [0.15, 0.2) is 66.7 Å². The molecule has 288 valence electrons. The van der Waals surface area contributed by atoms with Crippen molar-refractivity contribution in [2.24, 2.45) is 0 Å². The Balaban J connectivity index is 1.39. The summed E-state index contributed by atoms with van der Waals surface area (Å²) >= 11 is 1.32. The highest BCUT2D eigenvalue weighted by atomic mass is 32.1. The third-order valence-corrected chi connectivity index (χ3v) is 11.1. The minimum atomic E-state index is -1.47. The van der Waals surface area contributed by atoms with Gasteiger partial charge in [-0.25, -0.2) is 0 Å². The molecule has 0 spiro atoms. The van der Waals surface area contributed by atoms with Crippen molar-refractivity contribution >= 4 is 46.8 Å². The largest absolute Gasteiger partial charge is 0.391 e. The average Bonchev–Trinajstić information content (AvgIpc) is 3.82. The van der Waals surface area contributed by atoms with Crippen LogP contribution in [0, 0.1) is 6.92 Å². The molecular weight excluding hydrogens is 709 g/mol. The fourth-order valence-corrected chi connectivity index (χ4v) is 7.95. The van der Waals surface area contributed by atoms with Gasteiger partial charge in [-0.2, -0.15) is 0 Å². The molecule has 0 bridgehead atoms. The minimum absolute atomic E-state index is 0.121. The third-order valence-electron chi connectivity index (χ3n) is 9.86. The van der Waals surface area contributed by atoms with Gasteiger partial charge < -0.3 is 36.6 Å². The SMILES string of the molecule is CC[C@@H]1NC(=O)[C@@H](NC(=O)c2cc(C)c(-c3ccccc3)s2)CCCCNC(=O)[C@@H]2CCCN2C(=O)[C@@H](Cc2ccccc2)NC(=O)[C@H]([C@@H](C)O)NC1=O. The van der Waals surface area contributed by atoms with Crippen LogP contribution in [0.25, 0.3) is 10.4 Å². The zero-order valence-electron chi connectivity index (χ0n) is 30.9. The highest BCUT2D eigenvalue weighted by Gasteiger charge is 2.39. The number of carbonyl (C=O) groups is 6. The van der Waals surface area contributed by atoms with E-state index in [0.29, 0.717) is 37.1 Å². The quantitative estimate of drug-likeness (QED) is 0.214. The highest BCUT2D eigenvalue weighted by Crippen LogP contribution is 2.32. The molecule has 2 aromatic carbocycles. The highest BCUT2D eigenvalue weighted by molar-refractivity contribution is 7.17. The van der Waals surface area contributed by atoms with E-state index in [1.165, 1.54) is 23.2 Å². The number of aliphatic hydroxyl groups excluding tert-OH is 1. The maximum absolute atomic E-state index is 14.1. The number of hydrogen-bond donors (Lipinski definition) is 6. The van der Waals surface area contributed by atoms with Gasteiger partial charge in [-0.05, 0) is 75.1 Å². The summed E-state index contributed by atoms with van der Waals surface area (Å²) in [5.74, 6) is -3.27. The Morgan fingerprint density at radius 3 is 2.24 bits per heavy atom. The molecule has 3 aromatic rings. The normalized spacial score (nSPS) is 24.1. The molecule has 2 aliphatic rings. The van der Waals surface area contributed by atoms with Gasteiger partial charge in [0.1, 0.15) is 30.2 Å². The van der Waals surface area contributed by atoms with E-state index in [9.17, 15) is 33.9 Å². The van der Waals surface area contributed by atoms with Crippen molar-refractivity contribution < 1.29 is 33.9 Å². The molecule has 0 radical (unpaired) electrons. The Bertz CT molecular complexity index is 1800. The van der Waals surface area contributed by atoms with Gasteiger partial charge in [0.05, 0.1) is 11.0 Å². The van der Waals surface area contributed by atoms with E-state index in [1.807, 2.05) is 67.6 Å². The van der Waals surface area contributed by atoms with Gasteiger partial charge in [0.25, 0.3) is 5.91 Å². The van der Waals surface area contributed by atoms with Crippen molar-refractivity contribution in [2.75, 3.05) is 13.1 Å². The fraction of sp³-hybridized carbons (Fsp3) is 0.450. The van der Waals surface area contributed by atoms with E-state index < -0.39 is 65.8 Å². The lowest BCUT2D eigenvalue weighted by atomic mass is 10.0. The standard InChI is InChI=1S/C40H50N6O7S/c1-4-28-35(48)45-33(25(3)47)39(52)44-30(23-26-14-7-5-8-15-26)40(53)46-21-13-19-31(46)37(50)41-20-12-11-18-29(36(49)42-28)43-38(51)32-22-24(2)34(54-32)27-16-9-6-10-17-27/h5-10,14-17,22,25,28-31,33,47H,4,11-13,18-21,23H2,1-3H3,(H,41,50)(H,42,49)(H,43,51)(H,44,52)(H,45,48)/t25-,28+,29+,30-,31+,33+/m1/s1. The van der Waals surface area contributed by atoms with Crippen LogP contribution in [0.2, 0.25) is 0 Å². The second-order valence-corrected chi connectivity index (χ2v) is 15.0. The lowest BCUT2D eigenvalue weighted by molar-refractivity contribution is -0.142. The number of hydrogen-bond acceptors (Lipinski definition) is 8. The molecule has 14 heteroatoms. The summed E-state index contributed by atoms with van der Waals surface area (Å²) in [7, 11) is 0. The first kappa shape index (κ1) is 40.1. The van der Waals surface area contributed by atoms with Crippen LogP contribution in [-0.2, 0) is 30.4 Å². The number of nitrogens with one attached hydrogen (secondary N) is 5. The molecule has 6 atom stereocenters. The number of aliphatic hydroxyl groups is 1. The average molecular weight is 759 g/mol. The Morgan fingerprint density at radius 1 is 0.870 bits per heavy atom.